The minimum atomic E-state index is -0.491. The molecule has 1 aromatic heterocycles. The smallest absolute Gasteiger partial charge is 0.408 e. The van der Waals surface area contributed by atoms with Crippen molar-refractivity contribution in [3.05, 3.63) is 64.6 Å². The SMILES string of the molecule is Cn1c(=O)oc2cc(NC(=O)C3CCCN3C(=O)Cc3ccccc3)ccc21. The Morgan fingerprint density at radius 3 is 2.75 bits per heavy atom. The molecule has 1 unspecified atom stereocenters. The van der Waals surface area contributed by atoms with Crippen molar-refractivity contribution in [1.29, 1.82) is 0 Å². The molecular formula is C21H21N3O4. The average molecular weight is 379 g/mol. The summed E-state index contributed by atoms with van der Waals surface area (Å²) in [6.45, 7) is 0.580. The fourth-order valence-electron chi connectivity index (χ4n) is 3.65. The zero-order chi connectivity index (χ0) is 19.7. The maximum Gasteiger partial charge on any atom is 0.419 e. The number of carbonyl (C=O) groups excluding carboxylic acids is 2. The lowest BCUT2D eigenvalue weighted by Gasteiger charge is -2.24. The second-order valence-electron chi connectivity index (χ2n) is 7.01. The second kappa shape index (κ2) is 7.34. The van der Waals surface area contributed by atoms with E-state index in [0.717, 1.165) is 12.0 Å². The molecule has 4 rings (SSSR count). The molecule has 3 aromatic rings. The van der Waals surface area contributed by atoms with Crippen LogP contribution in [0.2, 0.25) is 0 Å². The molecule has 1 N–H and O–H groups in total. The highest BCUT2D eigenvalue weighted by atomic mass is 16.4. The number of anilines is 1. The van der Waals surface area contributed by atoms with Crippen LogP contribution in [0.4, 0.5) is 5.69 Å². The topological polar surface area (TPSA) is 84.6 Å². The minimum Gasteiger partial charge on any atom is -0.408 e. The number of rotatable bonds is 4. The number of amides is 2. The zero-order valence-corrected chi connectivity index (χ0v) is 15.6. The second-order valence-corrected chi connectivity index (χ2v) is 7.01. The molecule has 7 heteroatoms. The molecule has 0 saturated carbocycles. The lowest BCUT2D eigenvalue weighted by Crippen LogP contribution is -2.43. The Hall–Kier alpha value is -3.35. The minimum absolute atomic E-state index is 0.0478. The van der Waals surface area contributed by atoms with Gasteiger partial charge in [-0.05, 0) is 30.5 Å². The summed E-state index contributed by atoms with van der Waals surface area (Å²) < 4.78 is 6.57. The number of nitrogens with zero attached hydrogens (tertiary/aromatic N) is 2. The van der Waals surface area contributed by atoms with Gasteiger partial charge in [0.2, 0.25) is 11.8 Å². The van der Waals surface area contributed by atoms with Crippen molar-refractivity contribution >= 4 is 28.6 Å². The first kappa shape index (κ1) is 18.0. The first-order valence-electron chi connectivity index (χ1n) is 9.27. The maximum absolute atomic E-state index is 12.8. The lowest BCUT2D eigenvalue weighted by atomic mass is 10.1. The summed E-state index contributed by atoms with van der Waals surface area (Å²) in [5.74, 6) is -0.725. The van der Waals surface area contributed by atoms with E-state index >= 15 is 0 Å². The molecule has 7 nitrogen and oxygen atoms in total. The highest BCUT2D eigenvalue weighted by Gasteiger charge is 2.34. The molecule has 28 heavy (non-hydrogen) atoms. The Morgan fingerprint density at radius 2 is 1.96 bits per heavy atom. The van der Waals surface area contributed by atoms with Crippen LogP contribution >= 0.6 is 0 Å². The summed E-state index contributed by atoms with van der Waals surface area (Å²) in [6.07, 6.45) is 1.71. The number of aromatic nitrogens is 1. The number of hydrogen-bond donors (Lipinski definition) is 1. The van der Waals surface area contributed by atoms with Gasteiger partial charge < -0.3 is 14.6 Å². The Labute approximate surface area is 161 Å². The normalized spacial score (nSPS) is 16.5. The average Bonchev–Trinajstić information content (AvgIpc) is 3.28. The summed E-state index contributed by atoms with van der Waals surface area (Å²) >= 11 is 0. The quantitative estimate of drug-likeness (QED) is 0.754. The molecule has 1 saturated heterocycles. The lowest BCUT2D eigenvalue weighted by molar-refractivity contribution is -0.136. The number of hydrogen-bond acceptors (Lipinski definition) is 4. The molecule has 1 aliphatic rings. The molecule has 2 amide bonds. The molecule has 2 heterocycles. The first-order chi connectivity index (χ1) is 13.5. The van der Waals surface area contributed by atoms with Gasteiger partial charge in [-0.2, -0.15) is 0 Å². The van der Waals surface area contributed by atoms with Crippen LogP contribution in [0.25, 0.3) is 11.1 Å². The third kappa shape index (κ3) is 3.43. The molecule has 0 bridgehead atoms. The fourth-order valence-corrected chi connectivity index (χ4v) is 3.65. The number of fused-ring (bicyclic) bond motifs is 1. The van der Waals surface area contributed by atoms with Crippen molar-refractivity contribution in [3.8, 4) is 0 Å². The Balaban J connectivity index is 1.47. The Bertz CT molecular complexity index is 1080. The summed E-state index contributed by atoms with van der Waals surface area (Å²) in [7, 11) is 1.63. The monoisotopic (exact) mass is 379 g/mol. The predicted octanol–water partition coefficient (Wildman–Crippen LogP) is 2.30. The summed E-state index contributed by atoms with van der Waals surface area (Å²) in [5, 5.41) is 2.85. The van der Waals surface area contributed by atoms with E-state index in [1.165, 1.54) is 4.57 Å². The Morgan fingerprint density at radius 1 is 1.18 bits per heavy atom. The number of aryl methyl sites for hydroxylation is 1. The van der Waals surface area contributed by atoms with Crippen LogP contribution in [0.1, 0.15) is 18.4 Å². The van der Waals surface area contributed by atoms with Crippen LogP contribution in [0.3, 0.4) is 0 Å². The van der Waals surface area contributed by atoms with Gasteiger partial charge in [0.15, 0.2) is 5.58 Å². The molecule has 1 aliphatic heterocycles. The van der Waals surface area contributed by atoms with Gasteiger partial charge in [-0.1, -0.05) is 30.3 Å². The predicted molar refractivity (Wildman–Crippen MR) is 105 cm³/mol. The highest BCUT2D eigenvalue weighted by molar-refractivity contribution is 5.98. The zero-order valence-electron chi connectivity index (χ0n) is 15.6. The van der Waals surface area contributed by atoms with Crippen molar-refractivity contribution in [2.75, 3.05) is 11.9 Å². The van der Waals surface area contributed by atoms with E-state index in [4.69, 9.17) is 4.42 Å². The van der Waals surface area contributed by atoms with Crippen LogP contribution in [0.5, 0.6) is 0 Å². The van der Waals surface area contributed by atoms with Crippen molar-refractivity contribution < 1.29 is 14.0 Å². The fraction of sp³-hybridized carbons (Fsp3) is 0.286. The van der Waals surface area contributed by atoms with Gasteiger partial charge in [0.05, 0.1) is 11.9 Å². The van der Waals surface area contributed by atoms with Crippen LogP contribution < -0.4 is 11.1 Å². The van der Waals surface area contributed by atoms with Gasteiger partial charge in [0.25, 0.3) is 0 Å². The molecular weight excluding hydrogens is 358 g/mol. The summed E-state index contributed by atoms with van der Waals surface area (Å²) in [5.41, 5.74) is 2.54. The van der Waals surface area contributed by atoms with Crippen LogP contribution in [-0.2, 0) is 23.1 Å². The van der Waals surface area contributed by atoms with Gasteiger partial charge >= 0.3 is 5.76 Å². The largest absolute Gasteiger partial charge is 0.419 e. The van der Waals surface area contributed by atoms with Gasteiger partial charge in [0.1, 0.15) is 6.04 Å². The molecule has 0 spiro atoms. The van der Waals surface area contributed by atoms with Crippen LogP contribution in [0.15, 0.2) is 57.7 Å². The number of nitrogens with one attached hydrogen (secondary N) is 1. The van der Waals surface area contributed by atoms with E-state index in [-0.39, 0.29) is 18.2 Å². The van der Waals surface area contributed by atoms with Gasteiger partial charge in [0, 0.05) is 25.3 Å². The van der Waals surface area contributed by atoms with E-state index in [2.05, 4.69) is 5.32 Å². The van der Waals surface area contributed by atoms with Gasteiger partial charge in [-0.15, -0.1) is 0 Å². The summed E-state index contributed by atoms with van der Waals surface area (Å²) in [6, 6.07) is 14.1. The van der Waals surface area contributed by atoms with Crippen molar-refractivity contribution in [3.63, 3.8) is 0 Å². The van der Waals surface area contributed by atoms with Crippen LogP contribution in [0, 0.1) is 0 Å². The van der Waals surface area contributed by atoms with Crippen molar-refractivity contribution in [2.24, 2.45) is 7.05 Å². The standard InChI is InChI=1S/C21H21N3O4/c1-23-16-10-9-15(13-18(16)28-21(23)27)22-20(26)17-8-5-11-24(17)19(25)12-14-6-3-2-4-7-14/h2-4,6-7,9-10,13,17H,5,8,11-12H2,1H3,(H,22,26). The van der Waals surface area contributed by atoms with Gasteiger partial charge in [-0.25, -0.2) is 4.79 Å². The number of oxazole rings is 1. The third-order valence-electron chi connectivity index (χ3n) is 5.13. The molecule has 144 valence electrons. The van der Waals surface area contributed by atoms with Crippen LogP contribution in [-0.4, -0.2) is 33.9 Å². The Kier molecular flexibility index (Phi) is 4.73. The van der Waals surface area contributed by atoms with E-state index in [1.807, 2.05) is 30.3 Å². The number of benzene rings is 2. The molecule has 0 aliphatic carbocycles. The van der Waals surface area contributed by atoms with E-state index in [0.29, 0.717) is 29.8 Å². The maximum atomic E-state index is 12.8. The highest BCUT2D eigenvalue weighted by Crippen LogP contribution is 2.22. The third-order valence-corrected chi connectivity index (χ3v) is 5.13. The summed E-state index contributed by atoms with van der Waals surface area (Å²) in [4.78, 5) is 38.7. The van der Waals surface area contributed by atoms with Gasteiger partial charge in [-0.3, -0.25) is 14.2 Å². The molecule has 2 aromatic carbocycles. The van der Waals surface area contributed by atoms with E-state index < -0.39 is 11.8 Å². The molecule has 1 atom stereocenters. The molecule has 0 radical (unpaired) electrons. The van der Waals surface area contributed by atoms with E-state index in [1.54, 1.807) is 30.1 Å². The van der Waals surface area contributed by atoms with E-state index in [9.17, 15) is 14.4 Å². The number of carbonyl (C=O) groups is 2. The molecule has 1 fully saturated rings. The first-order valence-corrected chi connectivity index (χ1v) is 9.27. The number of likely N-dealkylation sites (tertiary alicyclic amines) is 1. The van der Waals surface area contributed by atoms with Crippen molar-refractivity contribution in [1.82, 2.24) is 9.47 Å². The van der Waals surface area contributed by atoms with Crippen molar-refractivity contribution in [2.45, 2.75) is 25.3 Å².